The molecule has 0 spiro atoms. The van der Waals surface area contributed by atoms with E-state index >= 15 is 0 Å². The summed E-state index contributed by atoms with van der Waals surface area (Å²) in [6, 6.07) is 7.00. The van der Waals surface area contributed by atoms with Crippen LogP contribution in [-0.4, -0.2) is 32.1 Å². The molecule has 0 saturated heterocycles. The molecule has 0 amide bonds. The SMILES string of the molecule is O=c1c(O)c(-c2ccc(O)c(O)c2)oc2c(O)cc(CCCCCCCCCCCCO)cc12. The lowest BCUT2D eigenvalue weighted by Crippen LogP contribution is -2.03. The highest BCUT2D eigenvalue weighted by Gasteiger charge is 2.19. The van der Waals surface area contributed by atoms with Crippen molar-refractivity contribution in [3.63, 3.8) is 0 Å². The highest BCUT2D eigenvalue weighted by Crippen LogP contribution is 2.37. The van der Waals surface area contributed by atoms with Crippen molar-refractivity contribution in [3.8, 4) is 34.3 Å². The molecule has 0 aliphatic rings. The Kier molecular flexibility index (Phi) is 9.22. The van der Waals surface area contributed by atoms with E-state index in [4.69, 9.17) is 9.52 Å². The fourth-order valence-corrected chi connectivity index (χ4v) is 4.19. The van der Waals surface area contributed by atoms with Crippen molar-refractivity contribution < 1.29 is 29.9 Å². The highest BCUT2D eigenvalue weighted by molar-refractivity contribution is 5.87. The fraction of sp³-hybridized carbons (Fsp3) is 0.444. The first-order valence-electron chi connectivity index (χ1n) is 12.1. The van der Waals surface area contributed by atoms with Crippen molar-refractivity contribution in [3.05, 3.63) is 46.1 Å². The van der Waals surface area contributed by atoms with Gasteiger partial charge in [-0.3, -0.25) is 4.79 Å². The van der Waals surface area contributed by atoms with Gasteiger partial charge >= 0.3 is 0 Å². The van der Waals surface area contributed by atoms with Crippen LogP contribution in [0.4, 0.5) is 0 Å². The van der Waals surface area contributed by atoms with Gasteiger partial charge in [0.2, 0.25) is 11.2 Å². The molecule has 184 valence electrons. The number of aryl methyl sites for hydroxylation is 1. The maximum absolute atomic E-state index is 12.8. The van der Waals surface area contributed by atoms with Gasteiger partial charge in [-0.05, 0) is 55.2 Å². The zero-order chi connectivity index (χ0) is 24.5. The number of aliphatic hydroxyl groups excluding tert-OH is 1. The van der Waals surface area contributed by atoms with Gasteiger partial charge in [-0.1, -0.05) is 51.4 Å². The Bertz CT molecular complexity index is 1150. The number of hydrogen-bond acceptors (Lipinski definition) is 7. The molecule has 3 aromatic rings. The van der Waals surface area contributed by atoms with E-state index in [1.165, 1.54) is 50.3 Å². The third kappa shape index (κ3) is 6.44. The Labute approximate surface area is 198 Å². The maximum atomic E-state index is 12.8. The van der Waals surface area contributed by atoms with Crippen molar-refractivity contribution in [2.75, 3.05) is 6.61 Å². The number of unbranched alkanes of at least 4 members (excludes halogenated alkanes) is 9. The van der Waals surface area contributed by atoms with Crippen LogP contribution in [0.1, 0.15) is 69.8 Å². The van der Waals surface area contributed by atoms with E-state index in [9.17, 15) is 25.2 Å². The van der Waals surface area contributed by atoms with Crippen LogP contribution in [0.5, 0.6) is 23.0 Å². The molecule has 7 heteroatoms. The predicted molar refractivity (Wildman–Crippen MR) is 132 cm³/mol. The first-order chi connectivity index (χ1) is 16.4. The van der Waals surface area contributed by atoms with E-state index in [1.807, 2.05) is 0 Å². The molecule has 0 fully saturated rings. The molecule has 7 nitrogen and oxygen atoms in total. The number of benzene rings is 2. The van der Waals surface area contributed by atoms with Gasteiger partial charge in [-0.2, -0.15) is 0 Å². The number of fused-ring (bicyclic) bond motifs is 1. The number of aliphatic hydroxyl groups is 1. The van der Waals surface area contributed by atoms with Crippen LogP contribution in [0.3, 0.4) is 0 Å². The summed E-state index contributed by atoms with van der Waals surface area (Å²) >= 11 is 0. The van der Waals surface area contributed by atoms with Crippen LogP contribution in [0, 0.1) is 0 Å². The number of phenols is 3. The van der Waals surface area contributed by atoms with E-state index in [-0.39, 0.29) is 40.4 Å². The lowest BCUT2D eigenvalue weighted by atomic mass is 10.0. The van der Waals surface area contributed by atoms with E-state index < -0.39 is 16.9 Å². The Hall–Kier alpha value is -3.19. The lowest BCUT2D eigenvalue weighted by Gasteiger charge is -2.10. The first kappa shape index (κ1) is 25.4. The monoisotopic (exact) mass is 470 g/mol. The van der Waals surface area contributed by atoms with Crippen molar-refractivity contribution in [1.82, 2.24) is 0 Å². The van der Waals surface area contributed by atoms with Crippen molar-refractivity contribution in [2.45, 2.75) is 70.6 Å². The molecular formula is C27H34O7. The van der Waals surface area contributed by atoms with E-state index in [1.54, 1.807) is 12.1 Å². The summed E-state index contributed by atoms with van der Waals surface area (Å²) in [6.07, 6.45) is 11.9. The molecule has 5 N–H and O–H groups in total. The van der Waals surface area contributed by atoms with Gasteiger partial charge in [0.05, 0.1) is 5.39 Å². The van der Waals surface area contributed by atoms with E-state index in [2.05, 4.69) is 0 Å². The molecule has 0 unspecified atom stereocenters. The molecule has 0 bridgehead atoms. The molecule has 34 heavy (non-hydrogen) atoms. The van der Waals surface area contributed by atoms with Gasteiger partial charge in [0.15, 0.2) is 28.6 Å². The largest absolute Gasteiger partial charge is 0.504 e. The van der Waals surface area contributed by atoms with E-state index in [0.717, 1.165) is 37.7 Å². The maximum Gasteiger partial charge on any atom is 0.235 e. The highest BCUT2D eigenvalue weighted by atomic mass is 16.4. The van der Waals surface area contributed by atoms with Crippen LogP contribution in [0.15, 0.2) is 39.5 Å². The molecule has 0 aliphatic carbocycles. The summed E-state index contributed by atoms with van der Waals surface area (Å²) in [4.78, 5) is 12.8. The average molecular weight is 471 g/mol. The zero-order valence-corrected chi connectivity index (χ0v) is 19.4. The molecule has 0 saturated carbocycles. The second-order valence-electron chi connectivity index (χ2n) is 8.81. The Morgan fingerprint density at radius 3 is 1.91 bits per heavy atom. The van der Waals surface area contributed by atoms with Crippen molar-refractivity contribution in [1.29, 1.82) is 0 Å². The van der Waals surface area contributed by atoms with Gasteiger partial charge < -0.3 is 29.9 Å². The van der Waals surface area contributed by atoms with E-state index in [0.29, 0.717) is 6.42 Å². The molecule has 1 aromatic heterocycles. The minimum atomic E-state index is -0.667. The second-order valence-corrected chi connectivity index (χ2v) is 8.81. The topological polar surface area (TPSA) is 131 Å². The van der Waals surface area contributed by atoms with Gasteiger partial charge in [0, 0.05) is 12.2 Å². The van der Waals surface area contributed by atoms with Gasteiger partial charge in [-0.25, -0.2) is 0 Å². The molecule has 3 rings (SSSR count). The van der Waals surface area contributed by atoms with Crippen LogP contribution in [0.25, 0.3) is 22.3 Å². The summed E-state index contributed by atoms with van der Waals surface area (Å²) in [7, 11) is 0. The Balaban J connectivity index is 1.59. The minimum absolute atomic E-state index is 0.0342. The summed E-state index contributed by atoms with van der Waals surface area (Å²) in [5.74, 6) is -1.75. The summed E-state index contributed by atoms with van der Waals surface area (Å²) in [5.41, 5.74) is 0.295. The van der Waals surface area contributed by atoms with Gasteiger partial charge in [-0.15, -0.1) is 0 Å². The van der Waals surface area contributed by atoms with Crippen LogP contribution < -0.4 is 5.43 Å². The number of hydrogen-bond donors (Lipinski definition) is 5. The number of rotatable bonds is 13. The first-order valence-corrected chi connectivity index (χ1v) is 12.1. The lowest BCUT2D eigenvalue weighted by molar-refractivity contribution is 0.282. The minimum Gasteiger partial charge on any atom is -0.504 e. The normalized spacial score (nSPS) is 11.3. The molecule has 2 aromatic carbocycles. The predicted octanol–water partition coefficient (Wildman–Crippen LogP) is 5.72. The number of aromatic hydroxyl groups is 4. The van der Waals surface area contributed by atoms with Gasteiger partial charge in [0.1, 0.15) is 0 Å². The molecule has 0 aliphatic heterocycles. The summed E-state index contributed by atoms with van der Waals surface area (Å²) in [5, 5.41) is 49.0. The van der Waals surface area contributed by atoms with Gasteiger partial charge in [0.25, 0.3) is 0 Å². The average Bonchev–Trinajstić information content (AvgIpc) is 2.82. The molecule has 1 heterocycles. The fourth-order valence-electron chi connectivity index (χ4n) is 4.19. The molecule has 0 radical (unpaired) electrons. The molecular weight excluding hydrogens is 436 g/mol. The van der Waals surface area contributed by atoms with Crippen LogP contribution >= 0.6 is 0 Å². The quantitative estimate of drug-likeness (QED) is 0.159. The second kappa shape index (κ2) is 12.3. The van der Waals surface area contributed by atoms with Crippen LogP contribution in [-0.2, 0) is 6.42 Å². The molecule has 0 atom stereocenters. The summed E-state index contributed by atoms with van der Waals surface area (Å²) < 4.78 is 5.65. The Morgan fingerprint density at radius 2 is 1.29 bits per heavy atom. The zero-order valence-electron chi connectivity index (χ0n) is 19.4. The third-order valence-corrected chi connectivity index (χ3v) is 6.12. The van der Waals surface area contributed by atoms with Crippen LogP contribution in [0.2, 0.25) is 0 Å². The standard InChI is InChI=1S/C27H34O7/c28-14-10-8-6-4-2-1-3-5-7-9-11-18-15-20-24(32)25(33)26(34-27(20)23(31)16-18)19-12-13-21(29)22(30)17-19/h12-13,15-17,28-31,33H,1-11,14H2. The number of phenolic OH excluding ortho intramolecular Hbond substituents is 3. The summed E-state index contributed by atoms with van der Waals surface area (Å²) in [6.45, 7) is 0.285. The Morgan fingerprint density at radius 1 is 0.676 bits per heavy atom. The smallest absolute Gasteiger partial charge is 0.235 e. The van der Waals surface area contributed by atoms with Crippen molar-refractivity contribution >= 4 is 11.0 Å². The van der Waals surface area contributed by atoms with Crippen molar-refractivity contribution in [2.24, 2.45) is 0 Å². The third-order valence-electron chi connectivity index (χ3n) is 6.12.